The van der Waals surface area contributed by atoms with Crippen molar-refractivity contribution in [2.45, 2.75) is 51.6 Å². The molecule has 1 aromatic carbocycles. The van der Waals surface area contributed by atoms with Gasteiger partial charge in [0.25, 0.3) is 5.56 Å². The Balaban J connectivity index is 1.53. The minimum Gasteiger partial charge on any atom is -0.444 e. The van der Waals surface area contributed by atoms with Gasteiger partial charge in [0, 0.05) is 34.9 Å². The highest BCUT2D eigenvalue weighted by molar-refractivity contribution is 7.17. The molecular formula is C25H25F4N3O4S. The SMILES string of the molecule is CC1(NC(=O)OC(C)(C)C)CN(C(=O)Cn2ccc3scc(-c4ccc(F)c(C(F)(F)F)c4)c3c2=O)C1. The van der Waals surface area contributed by atoms with E-state index in [4.69, 9.17) is 4.74 Å². The van der Waals surface area contributed by atoms with Gasteiger partial charge in [-0.25, -0.2) is 9.18 Å². The second-order valence-electron chi connectivity index (χ2n) is 10.3. The number of likely N-dealkylation sites (tertiary alicyclic amines) is 1. The Morgan fingerprint density at radius 1 is 1.16 bits per heavy atom. The monoisotopic (exact) mass is 539 g/mol. The molecule has 2 amide bonds. The topological polar surface area (TPSA) is 80.6 Å². The standard InChI is InChI=1S/C25H25F4N3O4S/c1-23(2,3)36-22(35)30-24(4)12-32(13-24)19(33)10-31-8-7-18-20(21(31)34)15(11-37-18)14-5-6-17(26)16(9-14)25(27,28)29/h5-9,11H,10,12-13H2,1-4H3,(H,30,35). The van der Waals surface area contributed by atoms with Gasteiger partial charge in [0.05, 0.1) is 16.5 Å². The first kappa shape index (κ1) is 26.6. The Hall–Kier alpha value is -3.41. The zero-order valence-electron chi connectivity index (χ0n) is 20.5. The third-order valence-electron chi connectivity index (χ3n) is 5.82. The number of halogens is 4. The van der Waals surface area contributed by atoms with Crippen LogP contribution in [0.25, 0.3) is 21.2 Å². The number of benzene rings is 1. The maximum atomic E-state index is 13.8. The number of hydrogen-bond donors (Lipinski definition) is 1. The van der Waals surface area contributed by atoms with Crippen LogP contribution in [0, 0.1) is 5.82 Å². The lowest BCUT2D eigenvalue weighted by Gasteiger charge is -2.48. The zero-order chi connectivity index (χ0) is 27.3. The first-order valence-electron chi connectivity index (χ1n) is 11.3. The Morgan fingerprint density at radius 2 is 1.84 bits per heavy atom. The van der Waals surface area contributed by atoms with Crippen LogP contribution in [0.1, 0.15) is 33.3 Å². The molecule has 1 N–H and O–H groups in total. The van der Waals surface area contributed by atoms with E-state index in [1.807, 2.05) is 0 Å². The lowest BCUT2D eigenvalue weighted by Crippen LogP contribution is -2.70. The van der Waals surface area contributed by atoms with E-state index >= 15 is 0 Å². The van der Waals surface area contributed by atoms with Crippen LogP contribution in [0.4, 0.5) is 22.4 Å². The van der Waals surface area contributed by atoms with E-state index in [1.165, 1.54) is 27.1 Å². The van der Waals surface area contributed by atoms with E-state index < -0.39 is 40.3 Å². The molecule has 1 saturated heterocycles. The van der Waals surface area contributed by atoms with E-state index in [1.54, 1.807) is 33.8 Å². The summed E-state index contributed by atoms with van der Waals surface area (Å²) in [5.41, 5.74) is -3.02. The van der Waals surface area contributed by atoms with Crippen molar-refractivity contribution < 1.29 is 31.9 Å². The van der Waals surface area contributed by atoms with Crippen LogP contribution in [0.3, 0.4) is 0 Å². The molecule has 37 heavy (non-hydrogen) atoms. The molecular weight excluding hydrogens is 514 g/mol. The molecule has 0 spiro atoms. The van der Waals surface area contributed by atoms with Crippen molar-refractivity contribution in [3.05, 3.63) is 57.6 Å². The van der Waals surface area contributed by atoms with Crippen molar-refractivity contribution in [1.29, 1.82) is 0 Å². The van der Waals surface area contributed by atoms with E-state index in [9.17, 15) is 31.9 Å². The van der Waals surface area contributed by atoms with Crippen LogP contribution in [0.5, 0.6) is 0 Å². The molecule has 0 unspecified atom stereocenters. The Bertz CT molecular complexity index is 1430. The summed E-state index contributed by atoms with van der Waals surface area (Å²) in [5, 5.41) is 4.44. The molecule has 3 aromatic rings. The van der Waals surface area contributed by atoms with Crippen molar-refractivity contribution in [2.75, 3.05) is 13.1 Å². The largest absolute Gasteiger partial charge is 0.444 e. The number of hydrogen-bond acceptors (Lipinski definition) is 5. The number of amides is 2. The molecule has 3 heterocycles. The number of nitrogens with zero attached hydrogens (tertiary/aromatic N) is 2. The van der Waals surface area contributed by atoms with Gasteiger partial charge in [-0.2, -0.15) is 13.2 Å². The number of carbonyl (C=O) groups is 2. The van der Waals surface area contributed by atoms with E-state index in [0.717, 1.165) is 17.4 Å². The van der Waals surface area contributed by atoms with Crippen LogP contribution in [0.15, 0.2) is 40.6 Å². The first-order chi connectivity index (χ1) is 17.1. The smallest absolute Gasteiger partial charge is 0.419 e. The number of nitrogens with one attached hydrogen (secondary N) is 1. The maximum Gasteiger partial charge on any atom is 0.419 e. The first-order valence-corrected chi connectivity index (χ1v) is 12.2. The van der Waals surface area contributed by atoms with Gasteiger partial charge in [0.2, 0.25) is 5.91 Å². The molecule has 0 atom stereocenters. The fourth-order valence-corrected chi connectivity index (χ4v) is 5.13. The predicted octanol–water partition coefficient (Wildman–Crippen LogP) is 5.01. The second-order valence-corrected chi connectivity index (χ2v) is 11.2. The molecule has 198 valence electrons. The van der Waals surface area contributed by atoms with E-state index in [-0.39, 0.29) is 42.1 Å². The van der Waals surface area contributed by atoms with Crippen molar-refractivity contribution in [2.24, 2.45) is 0 Å². The van der Waals surface area contributed by atoms with Crippen LogP contribution >= 0.6 is 11.3 Å². The molecule has 4 rings (SSSR count). The number of alkyl carbamates (subject to hydrolysis) is 1. The second kappa shape index (κ2) is 9.16. The molecule has 0 bridgehead atoms. The molecule has 0 aliphatic carbocycles. The Morgan fingerprint density at radius 3 is 2.46 bits per heavy atom. The highest BCUT2D eigenvalue weighted by Gasteiger charge is 2.43. The normalized spacial score (nSPS) is 15.4. The average Bonchev–Trinajstić information content (AvgIpc) is 3.17. The Labute approximate surface area is 213 Å². The number of ether oxygens (including phenoxy) is 1. The van der Waals surface area contributed by atoms with Crippen LogP contribution in [0.2, 0.25) is 0 Å². The number of aromatic nitrogens is 1. The lowest BCUT2D eigenvalue weighted by molar-refractivity contribution is -0.140. The molecule has 2 aromatic heterocycles. The molecule has 1 aliphatic heterocycles. The molecule has 1 fully saturated rings. The number of alkyl halides is 3. The highest BCUT2D eigenvalue weighted by Crippen LogP contribution is 2.37. The summed E-state index contributed by atoms with van der Waals surface area (Å²) < 4.78 is 60.3. The third kappa shape index (κ3) is 5.63. The van der Waals surface area contributed by atoms with Gasteiger partial charge in [0.15, 0.2) is 0 Å². The minimum atomic E-state index is -4.89. The molecule has 0 saturated carbocycles. The van der Waals surface area contributed by atoms with Crippen LogP contribution in [-0.2, 0) is 22.3 Å². The number of carbonyl (C=O) groups excluding carboxylic acids is 2. The Kier molecular flexibility index (Phi) is 6.60. The van der Waals surface area contributed by atoms with Crippen molar-refractivity contribution in [3.8, 4) is 11.1 Å². The summed E-state index contributed by atoms with van der Waals surface area (Å²) in [6, 6.07) is 4.19. The fraction of sp³-hybridized carbons (Fsp3) is 0.400. The summed E-state index contributed by atoms with van der Waals surface area (Å²) in [4.78, 5) is 39.6. The average molecular weight is 540 g/mol. The van der Waals surface area contributed by atoms with Crippen LogP contribution in [-0.4, -0.2) is 45.7 Å². The predicted molar refractivity (Wildman–Crippen MR) is 131 cm³/mol. The zero-order valence-corrected chi connectivity index (χ0v) is 21.3. The van der Waals surface area contributed by atoms with Gasteiger partial charge in [-0.05, 0) is 51.5 Å². The number of thiophene rings is 1. The van der Waals surface area contributed by atoms with Crippen LogP contribution < -0.4 is 10.9 Å². The maximum absolute atomic E-state index is 13.8. The fourth-order valence-electron chi connectivity index (χ4n) is 4.18. The van der Waals surface area contributed by atoms with Gasteiger partial charge in [-0.1, -0.05) is 6.07 Å². The lowest BCUT2D eigenvalue weighted by atomic mass is 9.92. The van der Waals surface area contributed by atoms with E-state index in [0.29, 0.717) is 10.8 Å². The van der Waals surface area contributed by atoms with Crippen molar-refractivity contribution in [1.82, 2.24) is 14.8 Å². The molecule has 1 aliphatic rings. The summed E-state index contributed by atoms with van der Waals surface area (Å²) in [6.07, 6.45) is -4.03. The van der Waals surface area contributed by atoms with E-state index in [2.05, 4.69) is 5.32 Å². The minimum absolute atomic E-state index is 0.0490. The highest BCUT2D eigenvalue weighted by atomic mass is 32.1. The van der Waals surface area contributed by atoms with Gasteiger partial charge in [-0.15, -0.1) is 11.3 Å². The number of rotatable bonds is 4. The number of fused-ring (bicyclic) bond motifs is 1. The number of pyridine rings is 1. The third-order valence-corrected chi connectivity index (χ3v) is 6.77. The van der Waals surface area contributed by atoms with Gasteiger partial charge in [-0.3, -0.25) is 9.59 Å². The van der Waals surface area contributed by atoms with Gasteiger partial charge >= 0.3 is 12.3 Å². The molecule has 0 radical (unpaired) electrons. The van der Waals surface area contributed by atoms with Crippen molar-refractivity contribution in [3.63, 3.8) is 0 Å². The summed E-state index contributed by atoms with van der Waals surface area (Å²) in [5.74, 6) is -1.76. The van der Waals surface area contributed by atoms with Gasteiger partial charge < -0.3 is 19.5 Å². The quantitative estimate of drug-likeness (QED) is 0.473. The van der Waals surface area contributed by atoms with Gasteiger partial charge in [0.1, 0.15) is 18.0 Å². The molecule has 12 heteroatoms. The van der Waals surface area contributed by atoms with Crippen molar-refractivity contribution >= 4 is 33.4 Å². The summed E-state index contributed by atoms with van der Waals surface area (Å²) >= 11 is 1.16. The summed E-state index contributed by atoms with van der Waals surface area (Å²) in [6.45, 7) is 7.15. The summed E-state index contributed by atoms with van der Waals surface area (Å²) in [7, 11) is 0. The molecule has 7 nitrogen and oxygen atoms in total.